The van der Waals surface area contributed by atoms with Gasteiger partial charge in [-0.15, -0.1) is 0 Å². The summed E-state index contributed by atoms with van der Waals surface area (Å²) in [6.45, 7) is 7.60. The molecule has 218 valence electrons. The number of hydrogen-bond acceptors (Lipinski definition) is 4. The number of urea groups is 1. The van der Waals surface area contributed by atoms with Gasteiger partial charge in [0.05, 0.1) is 0 Å². The summed E-state index contributed by atoms with van der Waals surface area (Å²) in [6, 6.07) is 17.1. The van der Waals surface area contributed by atoms with Gasteiger partial charge in [-0.2, -0.15) is 0 Å². The number of likely N-dealkylation sites (tertiary alicyclic amines) is 1. The van der Waals surface area contributed by atoms with E-state index >= 15 is 0 Å². The zero-order chi connectivity index (χ0) is 29.1. The number of fused-ring (bicyclic) bond motifs is 3. The molecule has 0 bridgehead atoms. The first-order valence-corrected chi connectivity index (χ1v) is 14.4. The Morgan fingerprint density at radius 2 is 1.75 bits per heavy atom. The van der Waals surface area contributed by atoms with E-state index in [1.165, 1.54) is 54.6 Å². The third kappa shape index (κ3) is 8.08. The van der Waals surface area contributed by atoms with Crippen LogP contribution in [0.3, 0.4) is 0 Å². The van der Waals surface area contributed by atoms with Gasteiger partial charge in [0.25, 0.3) is 0 Å². The average molecular weight is 549 g/mol. The van der Waals surface area contributed by atoms with Gasteiger partial charge in [-0.25, -0.2) is 4.79 Å². The maximum absolute atomic E-state index is 11.7. The lowest BCUT2D eigenvalue weighted by Crippen LogP contribution is -2.44. The summed E-state index contributed by atoms with van der Waals surface area (Å²) in [6.07, 6.45) is 8.19. The smallest absolute Gasteiger partial charge is 0.315 e. The number of hydrogen-bond donors (Lipinski definition) is 4. The molecule has 3 aromatic rings. The Morgan fingerprint density at radius 3 is 2.42 bits per heavy atom. The summed E-state index contributed by atoms with van der Waals surface area (Å²) in [7, 11) is 5.62. The van der Waals surface area contributed by atoms with E-state index < -0.39 is 0 Å². The van der Waals surface area contributed by atoms with Crippen molar-refractivity contribution in [2.75, 3.05) is 47.3 Å². The zero-order valence-electron chi connectivity index (χ0n) is 24.9. The minimum Gasteiger partial charge on any atom is -0.361 e. The van der Waals surface area contributed by atoms with Gasteiger partial charge in [0.2, 0.25) is 6.41 Å². The van der Waals surface area contributed by atoms with Crippen LogP contribution in [0.15, 0.2) is 54.7 Å². The van der Waals surface area contributed by atoms with Crippen molar-refractivity contribution in [1.29, 1.82) is 0 Å². The monoisotopic (exact) mass is 548 g/mol. The summed E-state index contributed by atoms with van der Waals surface area (Å²) in [5, 5.41) is 6.87. The van der Waals surface area contributed by atoms with Crippen LogP contribution in [0.4, 0.5) is 4.79 Å². The van der Waals surface area contributed by atoms with Gasteiger partial charge in [0.1, 0.15) is 0 Å². The maximum atomic E-state index is 11.7. The van der Waals surface area contributed by atoms with Crippen LogP contribution < -0.4 is 16.4 Å². The number of nitrogens with two attached hydrogens (primary N) is 1. The van der Waals surface area contributed by atoms with E-state index in [2.05, 4.69) is 70.9 Å². The third-order valence-electron chi connectivity index (χ3n) is 8.27. The highest BCUT2D eigenvalue weighted by atomic mass is 16.2. The number of aromatic amines is 1. The molecule has 1 aliphatic carbocycles. The number of rotatable bonds is 6. The van der Waals surface area contributed by atoms with Crippen LogP contribution in [0.25, 0.3) is 10.9 Å². The topological polar surface area (TPSA) is 106 Å². The van der Waals surface area contributed by atoms with E-state index in [9.17, 15) is 9.59 Å². The molecule has 0 radical (unpaired) electrons. The standard InChI is InChI=1S/C15H22N4O.C14H19N.C3H7NO/c1-10(11(2)19-15(20)17-8-7-16)13-9-18-14-6-4-3-5-12(13)14;1-15-10-8-14(9-11-15)7-6-12-4-2-3-5-13(12)14;1-4(2)3-5/h3-6,9-11,18H,7-8,16H2,1-2H3,(H2,17,19,20);2-5H,6-11H2,1H3;3H,1-2H3/t10-,11?;;/m0../s1. The lowest BCUT2D eigenvalue weighted by Gasteiger charge is -2.38. The van der Waals surface area contributed by atoms with Crippen LogP contribution in [0.1, 0.15) is 55.7 Å². The fourth-order valence-corrected chi connectivity index (χ4v) is 5.64. The first kappa shape index (κ1) is 31.2. The summed E-state index contributed by atoms with van der Waals surface area (Å²) < 4.78 is 0. The Labute approximate surface area is 239 Å². The van der Waals surface area contributed by atoms with Gasteiger partial charge >= 0.3 is 6.03 Å². The highest BCUT2D eigenvalue weighted by Gasteiger charge is 2.40. The number of aryl methyl sites for hydroxylation is 1. The predicted molar refractivity (Wildman–Crippen MR) is 165 cm³/mol. The van der Waals surface area contributed by atoms with E-state index in [0.717, 1.165) is 11.9 Å². The number of nitrogens with one attached hydrogen (secondary N) is 3. The maximum Gasteiger partial charge on any atom is 0.315 e. The third-order valence-corrected chi connectivity index (χ3v) is 8.27. The van der Waals surface area contributed by atoms with Gasteiger partial charge in [0.15, 0.2) is 0 Å². The molecule has 1 aliphatic heterocycles. The van der Waals surface area contributed by atoms with Gasteiger partial charge in [-0.05, 0) is 80.9 Å². The second-order valence-electron chi connectivity index (χ2n) is 11.4. The van der Waals surface area contributed by atoms with Crippen LogP contribution >= 0.6 is 0 Å². The van der Waals surface area contributed by atoms with E-state index in [-0.39, 0.29) is 18.0 Å². The molecule has 1 unspecified atom stereocenters. The average Bonchev–Trinajstić information content (AvgIpc) is 3.56. The van der Waals surface area contributed by atoms with Crippen molar-refractivity contribution in [3.63, 3.8) is 0 Å². The molecule has 5 rings (SSSR count). The van der Waals surface area contributed by atoms with Crippen LogP contribution in [0.5, 0.6) is 0 Å². The molecule has 8 nitrogen and oxygen atoms in total. The van der Waals surface area contributed by atoms with E-state index in [1.54, 1.807) is 25.2 Å². The molecule has 2 aromatic carbocycles. The predicted octanol–water partition coefficient (Wildman–Crippen LogP) is 4.22. The minimum absolute atomic E-state index is 0.0342. The van der Waals surface area contributed by atoms with Crippen LogP contribution in [0.2, 0.25) is 0 Å². The highest BCUT2D eigenvalue weighted by Crippen LogP contribution is 2.45. The number of H-pyrrole nitrogens is 1. The van der Waals surface area contributed by atoms with Crippen LogP contribution in [-0.4, -0.2) is 80.6 Å². The molecule has 1 spiro atoms. The Hall–Kier alpha value is -3.36. The van der Waals surface area contributed by atoms with E-state index in [1.807, 2.05) is 25.3 Å². The fraction of sp³-hybridized carbons (Fsp3) is 0.500. The molecule has 1 aromatic heterocycles. The minimum atomic E-state index is -0.172. The molecule has 3 amide bonds. The Bertz CT molecular complexity index is 1210. The lowest BCUT2D eigenvalue weighted by atomic mass is 9.74. The molecular weight excluding hydrogens is 500 g/mol. The summed E-state index contributed by atoms with van der Waals surface area (Å²) >= 11 is 0. The van der Waals surface area contributed by atoms with Crippen molar-refractivity contribution >= 4 is 23.3 Å². The van der Waals surface area contributed by atoms with Crippen LogP contribution in [-0.2, 0) is 16.6 Å². The van der Waals surface area contributed by atoms with Crippen molar-refractivity contribution in [3.05, 3.63) is 71.4 Å². The van der Waals surface area contributed by atoms with Crippen LogP contribution in [0, 0.1) is 0 Å². The number of piperidine rings is 1. The number of benzene rings is 2. The van der Waals surface area contributed by atoms with E-state index in [4.69, 9.17) is 5.73 Å². The first-order valence-electron chi connectivity index (χ1n) is 14.4. The molecule has 5 N–H and O–H groups in total. The molecule has 1 fully saturated rings. The largest absolute Gasteiger partial charge is 0.361 e. The van der Waals surface area contributed by atoms with Gasteiger partial charge < -0.3 is 31.2 Å². The number of carbonyl (C=O) groups is 2. The number of nitrogens with zero attached hydrogens (tertiary/aromatic N) is 2. The molecular formula is C32H48N6O2. The lowest BCUT2D eigenvalue weighted by molar-refractivity contribution is -0.115. The van der Waals surface area contributed by atoms with Crippen molar-refractivity contribution in [1.82, 2.24) is 25.4 Å². The van der Waals surface area contributed by atoms with Gasteiger partial charge in [0, 0.05) is 56.2 Å². The SMILES string of the molecule is CC(NC(=O)NCCN)[C@H](C)c1c[nH]c2ccccc12.CN(C)C=O.CN1CCC2(CCc3ccccc32)CC1. The Balaban J connectivity index is 0.000000194. The molecule has 8 heteroatoms. The summed E-state index contributed by atoms with van der Waals surface area (Å²) in [5.41, 5.74) is 11.5. The summed E-state index contributed by atoms with van der Waals surface area (Å²) in [5.74, 6) is 0.217. The van der Waals surface area contributed by atoms with Crippen molar-refractivity contribution in [2.45, 2.75) is 56.9 Å². The zero-order valence-corrected chi connectivity index (χ0v) is 24.9. The molecule has 0 saturated carbocycles. The number of aromatic nitrogens is 1. The molecule has 2 heterocycles. The quantitative estimate of drug-likeness (QED) is 0.346. The second-order valence-corrected chi connectivity index (χ2v) is 11.4. The number of para-hydroxylation sites is 1. The fourth-order valence-electron chi connectivity index (χ4n) is 5.64. The Morgan fingerprint density at radius 1 is 1.10 bits per heavy atom. The second kappa shape index (κ2) is 14.9. The molecule has 2 atom stereocenters. The van der Waals surface area contributed by atoms with Crippen molar-refractivity contribution in [3.8, 4) is 0 Å². The normalized spacial score (nSPS) is 16.9. The van der Waals surface area contributed by atoms with Gasteiger partial charge in [-0.3, -0.25) is 4.79 Å². The molecule has 40 heavy (non-hydrogen) atoms. The highest BCUT2D eigenvalue weighted by molar-refractivity contribution is 5.84. The van der Waals surface area contributed by atoms with Crippen molar-refractivity contribution in [2.24, 2.45) is 5.73 Å². The first-order chi connectivity index (χ1) is 19.2. The number of carbonyl (C=O) groups excluding carboxylic acids is 2. The Kier molecular flexibility index (Phi) is 11.6. The van der Waals surface area contributed by atoms with Gasteiger partial charge in [-0.1, -0.05) is 49.4 Å². The van der Waals surface area contributed by atoms with Crippen molar-refractivity contribution < 1.29 is 9.59 Å². The molecule has 2 aliphatic rings. The number of amides is 3. The van der Waals surface area contributed by atoms with E-state index in [0.29, 0.717) is 18.5 Å². The molecule has 1 saturated heterocycles. The summed E-state index contributed by atoms with van der Waals surface area (Å²) in [4.78, 5) is 28.3.